The van der Waals surface area contributed by atoms with Crippen LogP contribution in [0.4, 0.5) is 0 Å². The fourth-order valence-electron chi connectivity index (χ4n) is 2.05. The van der Waals surface area contributed by atoms with Crippen LogP contribution in [0.5, 0.6) is 0 Å². The van der Waals surface area contributed by atoms with Gasteiger partial charge in [-0.3, -0.25) is 4.98 Å². The molecule has 22 heavy (non-hydrogen) atoms. The molecule has 0 radical (unpaired) electrons. The van der Waals surface area contributed by atoms with Crippen LogP contribution in [0.15, 0.2) is 41.5 Å². The Hall–Kier alpha value is -1.88. The van der Waals surface area contributed by atoms with Crippen LogP contribution in [0.3, 0.4) is 0 Å². The van der Waals surface area contributed by atoms with Crippen molar-refractivity contribution in [2.24, 2.45) is 4.99 Å². The molecule has 2 aromatic rings. The van der Waals surface area contributed by atoms with E-state index in [0.717, 1.165) is 44.1 Å². The highest BCUT2D eigenvalue weighted by Crippen LogP contribution is 2.17. The van der Waals surface area contributed by atoms with Gasteiger partial charge in [-0.15, -0.1) is 11.3 Å². The average molecular weight is 316 g/mol. The zero-order chi connectivity index (χ0) is 15.6. The summed E-state index contributed by atoms with van der Waals surface area (Å²) in [6.07, 6.45) is 3.82. The predicted molar refractivity (Wildman–Crippen MR) is 94.5 cm³/mol. The number of hydrogen-bond acceptors (Lipinski definition) is 3. The Morgan fingerprint density at radius 1 is 1.14 bits per heavy atom. The number of guanidine groups is 1. The number of aliphatic imine (C=N–C) groups is 1. The third-order valence-electron chi connectivity index (χ3n) is 3.20. The Labute approximate surface area is 136 Å². The summed E-state index contributed by atoms with van der Waals surface area (Å²) in [7, 11) is 0. The SMILES string of the molecule is CCNC(=NCc1ccc(CC)s1)NCCc1ccccn1. The summed E-state index contributed by atoms with van der Waals surface area (Å²) in [6.45, 7) is 6.68. The highest BCUT2D eigenvalue weighted by molar-refractivity contribution is 7.11. The van der Waals surface area contributed by atoms with Crippen molar-refractivity contribution in [2.45, 2.75) is 33.2 Å². The lowest BCUT2D eigenvalue weighted by Crippen LogP contribution is -2.38. The van der Waals surface area contributed by atoms with Crippen molar-refractivity contribution in [3.05, 3.63) is 52.0 Å². The Kier molecular flexibility index (Phi) is 6.90. The van der Waals surface area contributed by atoms with Crippen LogP contribution >= 0.6 is 11.3 Å². The molecule has 4 nitrogen and oxygen atoms in total. The molecule has 0 amide bonds. The molecule has 2 N–H and O–H groups in total. The van der Waals surface area contributed by atoms with Gasteiger partial charge < -0.3 is 10.6 Å². The van der Waals surface area contributed by atoms with E-state index < -0.39 is 0 Å². The molecule has 0 bridgehead atoms. The number of rotatable bonds is 7. The van der Waals surface area contributed by atoms with Gasteiger partial charge in [0.25, 0.3) is 0 Å². The second kappa shape index (κ2) is 9.20. The maximum absolute atomic E-state index is 4.65. The average Bonchev–Trinajstić information content (AvgIpc) is 3.02. The second-order valence-corrected chi connectivity index (χ2v) is 6.17. The van der Waals surface area contributed by atoms with Gasteiger partial charge in [0.05, 0.1) is 6.54 Å². The summed E-state index contributed by atoms with van der Waals surface area (Å²) < 4.78 is 0. The molecule has 0 saturated carbocycles. The molecule has 0 aliphatic heterocycles. The van der Waals surface area contributed by atoms with Gasteiger partial charge in [-0.2, -0.15) is 0 Å². The highest BCUT2D eigenvalue weighted by Gasteiger charge is 2.01. The van der Waals surface area contributed by atoms with E-state index in [2.05, 4.69) is 46.6 Å². The van der Waals surface area contributed by atoms with E-state index in [4.69, 9.17) is 0 Å². The molecule has 0 aliphatic rings. The van der Waals surface area contributed by atoms with Gasteiger partial charge in [0, 0.05) is 41.2 Å². The van der Waals surface area contributed by atoms with E-state index in [1.54, 1.807) is 0 Å². The number of nitrogens with one attached hydrogen (secondary N) is 2. The molecule has 0 saturated heterocycles. The first kappa shape index (κ1) is 16.5. The van der Waals surface area contributed by atoms with E-state index in [1.807, 2.05) is 35.7 Å². The summed E-state index contributed by atoms with van der Waals surface area (Å²) in [5.74, 6) is 0.866. The lowest BCUT2D eigenvalue weighted by atomic mass is 10.3. The Morgan fingerprint density at radius 2 is 2.00 bits per heavy atom. The first-order valence-corrected chi connectivity index (χ1v) is 8.63. The van der Waals surface area contributed by atoms with E-state index in [1.165, 1.54) is 9.75 Å². The Bertz CT molecular complexity index is 577. The molecule has 0 atom stereocenters. The number of aromatic nitrogens is 1. The minimum Gasteiger partial charge on any atom is -0.357 e. The number of thiophene rings is 1. The minimum atomic E-state index is 0.726. The first-order valence-electron chi connectivity index (χ1n) is 7.81. The van der Waals surface area contributed by atoms with Crippen LogP contribution < -0.4 is 10.6 Å². The number of hydrogen-bond donors (Lipinski definition) is 2. The van der Waals surface area contributed by atoms with Crippen LogP contribution in [0.1, 0.15) is 29.3 Å². The summed E-state index contributed by atoms with van der Waals surface area (Å²) in [4.78, 5) is 11.7. The molecular formula is C17H24N4S. The van der Waals surface area contributed by atoms with Gasteiger partial charge >= 0.3 is 0 Å². The topological polar surface area (TPSA) is 49.3 Å². The number of pyridine rings is 1. The van der Waals surface area contributed by atoms with Gasteiger partial charge in [-0.1, -0.05) is 13.0 Å². The van der Waals surface area contributed by atoms with Gasteiger partial charge in [0.2, 0.25) is 0 Å². The molecule has 0 spiro atoms. The molecule has 0 aromatic carbocycles. The third-order valence-corrected chi connectivity index (χ3v) is 4.42. The van der Waals surface area contributed by atoms with Crippen molar-refractivity contribution in [1.29, 1.82) is 0 Å². The van der Waals surface area contributed by atoms with E-state index in [0.29, 0.717) is 0 Å². The molecule has 2 aromatic heterocycles. The van der Waals surface area contributed by atoms with Crippen molar-refractivity contribution in [1.82, 2.24) is 15.6 Å². The molecule has 0 aliphatic carbocycles. The van der Waals surface area contributed by atoms with Crippen LogP contribution in [0.2, 0.25) is 0 Å². The standard InChI is InChI=1S/C17H24N4S/c1-3-15-8-9-16(22-15)13-21-17(18-4-2)20-12-10-14-7-5-6-11-19-14/h5-9,11H,3-4,10,12-13H2,1-2H3,(H2,18,20,21). The van der Waals surface area contributed by atoms with Crippen molar-refractivity contribution < 1.29 is 0 Å². The maximum Gasteiger partial charge on any atom is 0.191 e. The Morgan fingerprint density at radius 3 is 2.68 bits per heavy atom. The smallest absolute Gasteiger partial charge is 0.191 e. The van der Waals surface area contributed by atoms with Crippen molar-refractivity contribution in [2.75, 3.05) is 13.1 Å². The summed E-state index contributed by atoms with van der Waals surface area (Å²) in [6, 6.07) is 10.4. The van der Waals surface area contributed by atoms with Gasteiger partial charge in [0.1, 0.15) is 0 Å². The first-order chi connectivity index (χ1) is 10.8. The molecule has 0 fully saturated rings. The lowest BCUT2D eigenvalue weighted by molar-refractivity contribution is 0.789. The van der Waals surface area contributed by atoms with Crippen molar-refractivity contribution in [3.8, 4) is 0 Å². The zero-order valence-corrected chi connectivity index (χ0v) is 14.1. The van der Waals surface area contributed by atoms with Crippen LogP contribution in [0, 0.1) is 0 Å². The molecule has 0 unspecified atom stereocenters. The third kappa shape index (κ3) is 5.48. The van der Waals surface area contributed by atoms with Crippen LogP contribution in [-0.2, 0) is 19.4 Å². The maximum atomic E-state index is 4.65. The number of aryl methyl sites for hydroxylation is 1. The van der Waals surface area contributed by atoms with Crippen molar-refractivity contribution >= 4 is 17.3 Å². The second-order valence-electron chi connectivity index (χ2n) is 4.91. The van der Waals surface area contributed by atoms with E-state index in [9.17, 15) is 0 Å². The van der Waals surface area contributed by atoms with Crippen LogP contribution in [-0.4, -0.2) is 24.0 Å². The summed E-state index contributed by atoms with van der Waals surface area (Å²) >= 11 is 1.84. The fraction of sp³-hybridized carbons (Fsp3) is 0.412. The van der Waals surface area contributed by atoms with Crippen LogP contribution in [0.25, 0.3) is 0 Å². The quantitative estimate of drug-likeness (QED) is 0.610. The zero-order valence-electron chi connectivity index (χ0n) is 13.3. The Balaban J connectivity index is 1.84. The molecule has 118 valence electrons. The van der Waals surface area contributed by atoms with E-state index in [-0.39, 0.29) is 0 Å². The fourth-order valence-corrected chi connectivity index (χ4v) is 2.93. The van der Waals surface area contributed by atoms with Gasteiger partial charge in [0.15, 0.2) is 5.96 Å². The monoisotopic (exact) mass is 316 g/mol. The lowest BCUT2D eigenvalue weighted by Gasteiger charge is -2.10. The number of nitrogens with zero attached hydrogens (tertiary/aromatic N) is 2. The largest absolute Gasteiger partial charge is 0.357 e. The normalized spacial score (nSPS) is 11.5. The summed E-state index contributed by atoms with van der Waals surface area (Å²) in [5.41, 5.74) is 1.09. The molecule has 2 rings (SSSR count). The van der Waals surface area contributed by atoms with Gasteiger partial charge in [-0.25, -0.2) is 4.99 Å². The minimum absolute atomic E-state index is 0.726. The predicted octanol–water partition coefficient (Wildman–Crippen LogP) is 3.00. The van der Waals surface area contributed by atoms with Crippen molar-refractivity contribution in [3.63, 3.8) is 0 Å². The van der Waals surface area contributed by atoms with Gasteiger partial charge in [-0.05, 0) is 37.6 Å². The summed E-state index contributed by atoms with van der Waals surface area (Å²) in [5, 5.41) is 6.65. The molecule has 2 heterocycles. The molecule has 5 heteroatoms. The van der Waals surface area contributed by atoms with E-state index >= 15 is 0 Å². The molecular weight excluding hydrogens is 292 g/mol. The highest BCUT2D eigenvalue weighted by atomic mass is 32.1.